The summed E-state index contributed by atoms with van der Waals surface area (Å²) in [5.74, 6) is 0.846. The number of sulfonamides is 1. The molecule has 7 heteroatoms. The molecule has 3 rings (SSSR count). The van der Waals surface area contributed by atoms with E-state index in [0.717, 1.165) is 19.5 Å². The van der Waals surface area contributed by atoms with Gasteiger partial charge >= 0.3 is 0 Å². The van der Waals surface area contributed by atoms with E-state index in [9.17, 15) is 13.2 Å². The van der Waals surface area contributed by atoms with Gasteiger partial charge in [-0.05, 0) is 36.5 Å². The predicted octanol–water partition coefficient (Wildman–Crippen LogP) is 1.83. The Morgan fingerprint density at radius 1 is 1.12 bits per heavy atom. The summed E-state index contributed by atoms with van der Waals surface area (Å²) in [4.78, 5) is 14.9. The molecular formula is C18H26N2O4S. The average molecular weight is 366 g/mol. The van der Waals surface area contributed by atoms with Crippen molar-refractivity contribution in [3.63, 3.8) is 0 Å². The fraction of sp³-hybridized carbons (Fsp3) is 0.611. The second kappa shape index (κ2) is 7.43. The van der Waals surface area contributed by atoms with E-state index in [1.807, 2.05) is 4.90 Å². The normalized spacial score (nSPS) is 25.8. The first kappa shape index (κ1) is 18.4. The van der Waals surface area contributed by atoms with Crippen LogP contribution in [0.3, 0.4) is 0 Å². The molecule has 0 aliphatic carbocycles. The standard InChI is InChI=1S/C18H26N2O4S/c1-14-10-15(2)13-19(12-14)18(21)16-4-3-5-17(11-16)25(22,23)20-6-8-24-9-7-20/h3-5,11,14-15H,6-10,12-13H2,1-2H3/t14-,15+. The van der Waals surface area contributed by atoms with Crippen LogP contribution in [0.5, 0.6) is 0 Å². The first-order chi connectivity index (χ1) is 11.9. The average Bonchev–Trinajstić information content (AvgIpc) is 2.61. The minimum absolute atomic E-state index is 0.0857. The number of nitrogens with zero attached hydrogens (tertiary/aromatic N) is 2. The van der Waals surface area contributed by atoms with Gasteiger partial charge in [-0.15, -0.1) is 0 Å². The van der Waals surface area contributed by atoms with E-state index in [4.69, 9.17) is 4.74 Å². The van der Waals surface area contributed by atoms with Gasteiger partial charge in [-0.25, -0.2) is 8.42 Å². The summed E-state index contributed by atoms with van der Waals surface area (Å²) in [5, 5.41) is 0. The SMILES string of the molecule is C[C@@H]1C[C@H](C)CN(C(=O)c2cccc(S(=O)(=O)N3CCOCC3)c2)C1. The lowest BCUT2D eigenvalue weighted by molar-refractivity contribution is 0.0622. The van der Waals surface area contributed by atoms with E-state index in [2.05, 4.69) is 13.8 Å². The molecule has 0 radical (unpaired) electrons. The van der Waals surface area contributed by atoms with Crippen LogP contribution in [-0.2, 0) is 14.8 Å². The maximum Gasteiger partial charge on any atom is 0.253 e. The summed E-state index contributed by atoms with van der Waals surface area (Å²) in [6, 6.07) is 6.42. The van der Waals surface area contributed by atoms with Gasteiger partial charge in [0.1, 0.15) is 0 Å². The molecule has 0 saturated carbocycles. The van der Waals surface area contributed by atoms with E-state index in [-0.39, 0.29) is 10.8 Å². The first-order valence-corrected chi connectivity index (χ1v) is 10.3. The van der Waals surface area contributed by atoms with E-state index in [1.54, 1.807) is 18.2 Å². The van der Waals surface area contributed by atoms with E-state index < -0.39 is 10.0 Å². The maximum atomic E-state index is 12.8. The molecule has 2 aliphatic heterocycles. The number of carbonyl (C=O) groups is 1. The van der Waals surface area contributed by atoms with Crippen LogP contribution < -0.4 is 0 Å². The molecule has 6 nitrogen and oxygen atoms in total. The summed E-state index contributed by atoms with van der Waals surface area (Å²) in [5.41, 5.74) is 0.440. The van der Waals surface area contributed by atoms with Crippen molar-refractivity contribution in [2.24, 2.45) is 11.8 Å². The number of rotatable bonds is 3. The summed E-state index contributed by atoms with van der Waals surface area (Å²) < 4.78 is 32.2. The second-order valence-electron chi connectivity index (χ2n) is 7.20. The van der Waals surface area contributed by atoms with Crippen molar-refractivity contribution < 1.29 is 17.9 Å². The number of morpholine rings is 1. The zero-order chi connectivity index (χ0) is 18.0. The van der Waals surface area contributed by atoms with Crippen LogP contribution in [0, 0.1) is 11.8 Å². The van der Waals surface area contributed by atoms with Crippen LogP contribution in [0.4, 0.5) is 0 Å². The molecule has 138 valence electrons. The Hall–Kier alpha value is -1.44. The van der Waals surface area contributed by atoms with Crippen molar-refractivity contribution in [3.8, 4) is 0 Å². The fourth-order valence-corrected chi connectivity index (χ4v) is 5.19. The van der Waals surface area contributed by atoms with E-state index >= 15 is 0 Å². The molecule has 25 heavy (non-hydrogen) atoms. The van der Waals surface area contributed by atoms with Gasteiger partial charge in [0.15, 0.2) is 0 Å². The van der Waals surface area contributed by atoms with E-state index in [0.29, 0.717) is 43.7 Å². The van der Waals surface area contributed by atoms with Crippen LogP contribution in [0.1, 0.15) is 30.6 Å². The van der Waals surface area contributed by atoms with Crippen LogP contribution in [0.25, 0.3) is 0 Å². The van der Waals surface area contributed by atoms with Gasteiger partial charge in [0.05, 0.1) is 18.1 Å². The number of hydrogen-bond donors (Lipinski definition) is 0. The van der Waals surface area contributed by atoms with Crippen molar-refractivity contribution in [3.05, 3.63) is 29.8 Å². The number of hydrogen-bond acceptors (Lipinski definition) is 4. The van der Waals surface area contributed by atoms with Crippen LogP contribution in [-0.4, -0.2) is 62.9 Å². The number of amides is 1. The molecule has 2 saturated heterocycles. The van der Waals surface area contributed by atoms with Gasteiger partial charge in [-0.1, -0.05) is 19.9 Å². The Morgan fingerprint density at radius 3 is 2.40 bits per heavy atom. The molecule has 2 atom stereocenters. The molecule has 0 spiro atoms. The Balaban J connectivity index is 1.82. The molecule has 0 unspecified atom stereocenters. The number of likely N-dealkylation sites (tertiary alicyclic amines) is 1. The molecule has 1 amide bonds. The molecule has 0 bridgehead atoms. The first-order valence-electron chi connectivity index (χ1n) is 8.85. The minimum atomic E-state index is -3.59. The molecule has 0 N–H and O–H groups in total. The van der Waals surface area contributed by atoms with Gasteiger partial charge in [0, 0.05) is 31.7 Å². The second-order valence-corrected chi connectivity index (χ2v) is 9.14. The van der Waals surface area contributed by atoms with Crippen molar-refractivity contribution in [1.29, 1.82) is 0 Å². The summed E-state index contributed by atoms with van der Waals surface area (Å²) in [6.45, 7) is 7.25. The van der Waals surface area contributed by atoms with Gasteiger partial charge < -0.3 is 9.64 Å². The minimum Gasteiger partial charge on any atom is -0.379 e. The monoisotopic (exact) mass is 366 g/mol. The lowest BCUT2D eigenvalue weighted by Gasteiger charge is -2.35. The highest BCUT2D eigenvalue weighted by atomic mass is 32.2. The van der Waals surface area contributed by atoms with Gasteiger partial charge in [-0.3, -0.25) is 4.79 Å². The number of piperidine rings is 1. The predicted molar refractivity (Wildman–Crippen MR) is 94.9 cm³/mol. The lowest BCUT2D eigenvalue weighted by Crippen LogP contribution is -2.43. The Morgan fingerprint density at radius 2 is 1.76 bits per heavy atom. The third-order valence-corrected chi connectivity index (χ3v) is 6.74. The number of ether oxygens (including phenoxy) is 1. The highest BCUT2D eigenvalue weighted by Crippen LogP contribution is 2.24. The van der Waals surface area contributed by atoms with Gasteiger partial charge in [-0.2, -0.15) is 4.31 Å². The third kappa shape index (κ3) is 4.04. The number of carbonyl (C=O) groups excluding carboxylic acids is 1. The van der Waals surface area contributed by atoms with Crippen molar-refractivity contribution >= 4 is 15.9 Å². The smallest absolute Gasteiger partial charge is 0.253 e. The molecule has 1 aromatic rings. The zero-order valence-corrected chi connectivity index (χ0v) is 15.7. The number of benzene rings is 1. The fourth-order valence-electron chi connectivity index (χ4n) is 3.74. The summed E-state index contributed by atoms with van der Waals surface area (Å²) >= 11 is 0. The Labute approximate surface area is 149 Å². The van der Waals surface area contributed by atoms with Gasteiger partial charge in [0.25, 0.3) is 5.91 Å². The highest BCUT2D eigenvalue weighted by Gasteiger charge is 2.29. The molecule has 2 fully saturated rings. The Kier molecular flexibility index (Phi) is 5.46. The maximum absolute atomic E-state index is 12.8. The molecule has 2 heterocycles. The van der Waals surface area contributed by atoms with E-state index in [1.165, 1.54) is 10.4 Å². The summed E-state index contributed by atoms with van der Waals surface area (Å²) in [6.07, 6.45) is 1.12. The highest BCUT2D eigenvalue weighted by molar-refractivity contribution is 7.89. The van der Waals surface area contributed by atoms with Crippen LogP contribution in [0.2, 0.25) is 0 Å². The summed E-state index contributed by atoms with van der Waals surface area (Å²) in [7, 11) is -3.59. The molecule has 1 aromatic carbocycles. The zero-order valence-electron chi connectivity index (χ0n) is 14.8. The quantitative estimate of drug-likeness (QED) is 0.818. The third-order valence-electron chi connectivity index (χ3n) is 4.84. The van der Waals surface area contributed by atoms with Crippen molar-refractivity contribution in [2.75, 3.05) is 39.4 Å². The molecular weight excluding hydrogens is 340 g/mol. The van der Waals surface area contributed by atoms with Crippen LogP contribution >= 0.6 is 0 Å². The van der Waals surface area contributed by atoms with Crippen LogP contribution in [0.15, 0.2) is 29.2 Å². The molecule has 2 aliphatic rings. The Bertz CT molecular complexity index is 718. The molecule has 0 aromatic heterocycles. The lowest BCUT2D eigenvalue weighted by atomic mass is 9.91. The topological polar surface area (TPSA) is 66.9 Å². The largest absolute Gasteiger partial charge is 0.379 e. The van der Waals surface area contributed by atoms with Gasteiger partial charge in [0.2, 0.25) is 10.0 Å². The van der Waals surface area contributed by atoms with Crippen molar-refractivity contribution in [2.45, 2.75) is 25.2 Å². The van der Waals surface area contributed by atoms with Crippen molar-refractivity contribution in [1.82, 2.24) is 9.21 Å².